The Hall–Kier alpha value is -2.00. The summed E-state index contributed by atoms with van der Waals surface area (Å²) in [7, 11) is 0. The molecule has 4 heteroatoms. The van der Waals surface area contributed by atoms with Crippen LogP contribution in [0.4, 0.5) is 0 Å². The molecule has 24 heavy (non-hydrogen) atoms. The number of amides is 1. The number of ether oxygens (including phenoxy) is 1. The predicted octanol–water partition coefficient (Wildman–Crippen LogP) is 4.63. The number of hydrogen-bond acceptors (Lipinski definition) is 2. The number of carbonyl (C=O) groups is 1. The molecule has 0 radical (unpaired) electrons. The van der Waals surface area contributed by atoms with Gasteiger partial charge in [-0.3, -0.25) is 4.79 Å². The largest absolute Gasteiger partial charge is 0.481 e. The van der Waals surface area contributed by atoms with Gasteiger partial charge in [-0.15, -0.1) is 0 Å². The fourth-order valence-electron chi connectivity index (χ4n) is 2.44. The summed E-state index contributed by atoms with van der Waals surface area (Å²) in [5.74, 6) is 0.575. The lowest BCUT2D eigenvalue weighted by Gasteiger charge is -2.20. The summed E-state index contributed by atoms with van der Waals surface area (Å²) in [6, 6.07) is 17.4. The van der Waals surface area contributed by atoms with Crippen LogP contribution in [0.3, 0.4) is 0 Å². The molecule has 2 rings (SSSR count). The van der Waals surface area contributed by atoms with Crippen molar-refractivity contribution < 1.29 is 9.53 Å². The molecule has 0 bridgehead atoms. The van der Waals surface area contributed by atoms with Gasteiger partial charge in [0.25, 0.3) is 5.91 Å². The van der Waals surface area contributed by atoms with Gasteiger partial charge in [-0.25, -0.2) is 0 Å². The average Bonchev–Trinajstić information content (AvgIpc) is 2.60. The van der Waals surface area contributed by atoms with Gasteiger partial charge in [-0.05, 0) is 56.0 Å². The van der Waals surface area contributed by atoms with Crippen molar-refractivity contribution in [3.05, 3.63) is 65.2 Å². The summed E-state index contributed by atoms with van der Waals surface area (Å²) in [6.07, 6.45) is 1.95. The minimum atomic E-state index is -0.495. The van der Waals surface area contributed by atoms with E-state index in [1.807, 2.05) is 32.0 Å². The van der Waals surface area contributed by atoms with Crippen molar-refractivity contribution in [1.82, 2.24) is 5.32 Å². The third-order valence-electron chi connectivity index (χ3n) is 3.85. The Balaban J connectivity index is 1.83. The Kier molecular flexibility index (Phi) is 7.13. The highest BCUT2D eigenvalue weighted by Gasteiger charge is 2.20. The maximum atomic E-state index is 12.4. The smallest absolute Gasteiger partial charge is 0.261 e. The zero-order chi connectivity index (χ0) is 17.4. The molecule has 0 fully saturated rings. The van der Waals surface area contributed by atoms with Crippen LogP contribution in [0.1, 0.15) is 32.3 Å². The molecular weight excluding hydrogens is 322 g/mol. The Bertz CT molecular complexity index is 628. The van der Waals surface area contributed by atoms with Gasteiger partial charge in [0, 0.05) is 11.1 Å². The molecule has 0 saturated carbocycles. The molecule has 1 amide bonds. The standard InChI is InChI=1S/C20H24ClNO2/c1-3-19(24-18-13-11-17(21)12-14-18)20(23)22-15(2)9-10-16-7-5-4-6-8-16/h4-8,11-15,19H,3,9-10H2,1-2H3,(H,22,23)/t15-,19+/m0/s1. The third kappa shape index (κ3) is 5.89. The van der Waals surface area contributed by atoms with Crippen molar-refractivity contribution in [2.75, 3.05) is 0 Å². The van der Waals surface area contributed by atoms with E-state index in [0.717, 1.165) is 12.8 Å². The lowest BCUT2D eigenvalue weighted by Crippen LogP contribution is -2.42. The summed E-state index contributed by atoms with van der Waals surface area (Å²) < 4.78 is 5.77. The number of hydrogen-bond donors (Lipinski definition) is 1. The van der Waals surface area contributed by atoms with Crippen LogP contribution in [-0.2, 0) is 11.2 Å². The van der Waals surface area contributed by atoms with Crippen molar-refractivity contribution in [2.45, 2.75) is 45.3 Å². The van der Waals surface area contributed by atoms with E-state index in [9.17, 15) is 4.79 Å². The maximum Gasteiger partial charge on any atom is 0.261 e. The molecule has 2 aromatic rings. The molecule has 0 heterocycles. The molecule has 0 aliphatic heterocycles. The van der Waals surface area contributed by atoms with Gasteiger partial charge in [0.2, 0.25) is 0 Å². The van der Waals surface area contributed by atoms with Crippen molar-refractivity contribution in [2.24, 2.45) is 0 Å². The van der Waals surface area contributed by atoms with Gasteiger partial charge in [-0.2, -0.15) is 0 Å². The molecule has 0 unspecified atom stereocenters. The molecule has 0 spiro atoms. The molecule has 3 nitrogen and oxygen atoms in total. The molecule has 0 aromatic heterocycles. The number of rotatable bonds is 8. The van der Waals surface area contributed by atoms with Crippen molar-refractivity contribution in [1.29, 1.82) is 0 Å². The number of nitrogens with one attached hydrogen (secondary N) is 1. The average molecular weight is 346 g/mol. The lowest BCUT2D eigenvalue weighted by molar-refractivity contribution is -0.128. The number of carbonyl (C=O) groups excluding carboxylic acids is 1. The van der Waals surface area contributed by atoms with Crippen LogP contribution in [0.15, 0.2) is 54.6 Å². The molecule has 2 aromatic carbocycles. The lowest BCUT2D eigenvalue weighted by atomic mass is 10.1. The second-order valence-corrected chi connectivity index (χ2v) is 6.34. The molecular formula is C20H24ClNO2. The number of halogens is 1. The highest BCUT2D eigenvalue weighted by Crippen LogP contribution is 2.18. The first kappa shape index (κ1) is 18.3. The number of aryl methyl sites for hydroxylation is 1. The first-order chi connectivity index (χ1) is 11.6. The summed E-state index contributed by atoms with van der Waals surface area (Å²) in [4.78, 5) is 12.4. The first-order valence-corrected chi connectivity index (χ1v) is 8.72. The summed E-state index contributed by atoms with van der Waals surface area (Å²) in [5.41, 5.74) is 1.28. The van der Waals surface area contributed by atoms with E-state index in [4.69, 9.17) is 16.3 Å². The zero-order valence-electron chi connectivity index (χ0n) is 14.2. The molecule has 1 N–H and O–H groups in total. The molecule has 0 saturated heterocycles. The van der Waals surface area contributed by atoms with Gasteiger partial charge in [0.05, 0.1) is 0 Å². The quantitative estimate of drug-likeness (QED) is 0.757. The monoisotopic (exact) mass is 345 g/mol. The minimum Gasteiger partial charge on any atom is -0.481 e. The Morgan fingerprint density at radius 2 is 1.79 bits per heavy atom. The van der Waals surface area contributed by atoms with E-state index >= 15 is 0 Å². The second-order valence-electron chi connectivity index (χ2n) is 5.90. The van der Waals surface area contributed by atoms with E-state index in [0.29, 0.717) is 17.2 Å². The van der Waals surface area contributed by atoms with Crippen molar-refractivity contribution >= 4 is 17.5 Å². The van der Waals surface area contributed by atoms with Crippen molar-refractivity contribution in [3.8, 4) is 5.75 Å². The van der Waals surface area contributed by atoms with Crippen molar-refractivity contribution in [3.63, 3.8) is 0 Å². The molecule has 128 valence electrons. The van der Waals surface area contributed by atoms with Crippen LogP contribution < -0.4 is 10.1 Å². The third-order valence-corrected chi connectivity index (χ3v) is 4.10. The van der Waals surface area contributed by atoms with E-state index < -0.39 is 6.10 Å². The second kappa shape index (κ2) is 9.33. The fraction of sp³-hybridized carbons (Fsp3) is 0.350. The van der Waals surface area contributed by atoms with E-state index in [1.54, 1.807) is 24.3 Å². The van der Waals surface area contributed by atoms with Gasteiger partial charge >= 0.3 is 0 Å². The van der Waals surface area contributed by atoms with Gasteiger partial charge in [0.15, 0.2) is 6.10 Å². The summed E-state index contributed by atoms with van der Waals surface area (Å²) in [6.45, 7) is 3.96. The number of benzene rings is 2. The van der Waals surface area contributed by atoms with Gasteiger partial charge < -0.3 is 10.1 Å². The maximum absolute atomic E-state index is 12.4. The van der Waals surface area contributed by atoms with E-state index in [1.165, 1.54) is 5.56 Å². The van der Waals surface area contributed by atoms with Gasteiger partial charge in [-0.1, -0.05) is 48.9 Å². The fourth-order valence-corrected chi connectivity index (χ4v) is 2.56. The topological polar surface area (TPSA) is 38.3 Å². The van der Waals surface area contributed by atoms with Crippen LogP contribution in [0.2, 0.25) is 5.02 Å². The Labute approximate surface area is 149 Å². The molecule has 2 atom stereocenters. The SMILES string of the molecule is CC[C@@H](Oc1ccc(Cl)cc1)C(=O)N[C@@H](C)CCc1ccccc1. The highest BCUT2D eigenvalue weighted by molar-refractivity contribution is 6.30. The highest BCUT2D eigenvalue weighted by atomic mass is 35.5. The van der Waals surface area contributed by atoms with Crippen LogP contribution in [0.25, 0.3) is 0 Å². The molecule has 0 aliphatic carbocycles. The van der Waals surface area contributed by atoms with Gasteiger partial charge in [0.1, 0.15) is 5.75 Å². The Morgan fingerprint density at radius 1 is 1.12 bits per heavy atom. The van der Waals surface area contributed by atoms with Crippen LogP contribution in [0, 0.1) is 0 Å². The van der Waals surface area contributed by atoms with Crippen LogP contribution in [-0.4, -0.2) is 18.1 Å². The summed E-state index contributed by atoms with van der Waals surface area (Å²) >= 11 is 5.86. The Morgan fingerprint density at radius 3 is 2.42 bits per heavy atom. The summed E-state index contributed by atoms with van der Waals surface area (Å²) in [5, 5.41) is 3.69. The minimum absolute atomic E-state index is 0.0759. The normalized spacial score (nSPS) is 13.1. The first-order valence-electron chi connectivity index (χ1n) is 8.35. The van der Waals surface area contributed by atoms with E-state index in [-0.39, 0.29) is 11.9 Å². The predicted molar refractivity (Wildman–Crippen MR) is 98.5 cm³/mol. The molecule has 0 aliphatic rings. The van der Waals surface area contributed by atoms with Crippen LogP contribution in [0.5, 0.6) is 5.75 Å². The van der Waals surface area contributed by atoms with E-state index in [2.05, 4.69) is 17.4 Å². The zero-order valence-corrected chi connectivity index (χ0v) is 14.9. The van der Waals surface area contributed by atoms with Crippen LogP contribution >= 0.6 is 11.6 Å².